The molecule has 0 spiro atoms. The van der Waals surface area contributed by atoms with Crippen LogP contribution in [-0.4, -0.2) is 48.8 Å². The van der Waals surface area contributed by atoms with Crippen LogP contribution >= 0.6 is 11.8 Å². The van der Waals surface area contributed by atoms with Gasteiger partial charge in [0.1, 0.15) is 0 Å². The van der Waals surface area contributed by atoms with Crippen LogP contribution in [0.25, 0.3) is 0 Å². The van der Waals surface area contributed by atoms with Crippen molar-refractivity contribution in [2.24, 2.45) is 0 Å². The Balaban J connectivity index is 1.81. The summed E-state index contributed by atoms with van der Waals surface area (Å²) in [5.74, 6) is 0. The maximum Gasteiger partial charge on any atom is 0.0622 e. The predicted molar refractivity (Wildman–Crippen MR) is 52.7 cm³/mol. The zero-order valence-corrected chi connectivity index (χ0v) is 8.48. The molecular weight excluding hydrogens is 170 g/mol. The third-order valence-corrected chi connectivity index (χ3v) is 3.98. The molecule has 2 fully saturated rings. The largest absolute Gasteiger partial charge is 0.380 e. The molecule has 0 aromatic rings. The minimum Gasteiger partial charge on any atom is -0.380 e. The normalized spacial score (nSPS) is 37.8. The molecule has 0 N–H and O–H groups in total. The second-order valence-corrected chi connectivity index (χ2v) is 4.80. The molecule has 3 heteroatoms. The summed E-state index contributed by atoms with van der Waals surface area (Å²) in [4.78, 5) is 2.61. The van der Waals surface area contributed by atoms with E-state index >= 15 is 0 Å². The zero-order valence-electron chi connectivity index (χ0n) is 7.66. The Labute approximate surface area is 78.6 Å². The Morgan fingerprint density at radius 3 is 2.92 bits per heavy atom. The molecule has 0 bridgehead atoms. The Hall–Kier alpha value is 0.270. The summed E-state index contributed by atoms with van der Waals surface area (Å²) >= 11 is 2.01. The summed E-state index contributed by atoms with van der Waals surface area (Å²) in [5, 5.41) is 0.880. The van der Waals surface area contributed by atoms with Crippen molar-refractivity contribution in [2.75, 3.05) is 32.6 Å². The number of hydrogen-bond donors (Lipinski definition) is 0. The second-order valence-electron chi connectivity index (χ2n) is 3.66. The lowest BCUT2D eigenvalue weighted by molar-refractivity contribution is 0.159. The predicted octanol–water partition coefficient (Wildman–Crippen LogP) is 1.21. The van der Waals surface area contributed by atoms with E-state index in [9.17, 15) is 0 Å². The first kappa shape index (κ1) is 8.85. The molecule has 2 unspecified atom stereocenters. The number of ether oxygens (including phenoxy) is 1. The van der Waals surface area contributed by atoms with E-state index in [1.54, 1.807) is 0 Å². The third kappa shape index (κ3) is 1.78. The van der Waals surface area contributed by atoms with Gasteiger partial charge in [0, 0.05) is 24.4 Å². The lowest BCUT2D eigenvalue weighted by Gasteiger charge is -2.21. The lowest BCUT2D eigenvalue weighted by Crippen LogP contribution is -2.33. The molecule has 0 aromatic carbocycles. The quantitative estimate of drug-likeness (QED) is 0.645. The first-order valence-electron chi connectivity index (χ1n) is 4.74. The molecule has 0 aromatic heterocycles. The van der Waals surface area contributed by atoms with E-state index in [-0.39, 0.29) is 0 Å². The molecule has 2 aliphatic heterocycles. The highest BCUT2D eigenvalue weighted by molar-refractivity contribution is 7.99. The fourth-order valence-corrected chi connectivity index (χ4v) is 2.77. The van der Waals surface area contributed by atoms with E-state index < -0.39 is 0 Å². The minimum absolute atomic E-state index is 0.738. The van der Waals surface area contributed by atoms with Crippen LogP contribution in [-0.2, 0) is 4.74 Å². The average Bonchev–Trinajstić information content (AvgIpc) is 2.75. The molecule has 2 atom stereocenters. The summed E-state index contributed by atoms with van der Waals surface area (Å²) in [7, 11) is 0. The molecule has 2 rings (SSSR count). The van der Waals surface area contributed by atoms with Crippen molar-refractivity contribution in [2.45, 2.75) is 24.1 Å². The van der Waals surface area contributed by atoms with Crippen LogP contribution in [0.4, 0.5) is 0 Å². The van der Waals surface area contributed by atoms with Gasteiger partial charge in [-0.15, -0.1) is 0 Å². The Morgan fingerprint density at radius 1 is 1.42 bits per heavy atom. The number of thioether (sulfide) groups is 1. The summed E-state index contributed by atoms with van der Waals surface area (Å²) in [5.41, 5.74) is 0. The first-order valence-corrected chi connectivity index (χ1v) is 6.03. The molecule has 0 saturated carbocycles. The summed E-state index contributed by atoms with van der Waals surface area (Å²) < 4.78 is 5.39. The number of likely N-dealkylation sites (tertiary alicyclic amines) is 1. The lowest BCUT2D eigenvalue weighted by atomic mass is 10.2. The highest BCUT2D eigenvalue weighted by atomic mass is 32.2. The average molecular weight is 187 g/mol. The van der Waals surface area contributed by atoms with E-state index in [0.29, 0.717) is 0 Å². The Morgan fingerprint density at radius 2 is 2.33 bits per heavy atom. The molecule has 12 heavy (non-hydrogen) atoms. The maximum absolute atomic E-state index is 5.39. The van der Waals surface area contributed by atoms with Crippen LogP contribution in [0.2, 0.25) is 0 Å². The summed E-state index contributed by atoms with van der Waals surface area (Å²) in [6.45, 7) is 4.53. The van der Waals surface area contributed by atoms with Crippen LogP contribution in [0.3, 0.4) is 0 Å². The van der Waals surface area contributed by atoms with Gasteiger partial charge in [0.15, 0.2) is 0 Å². The molecular formula is C9H17NOS. The monoisotopic (exact) mass is 187 g/mol. The van der Waals surface area contributed by atoms with Gasteiger partial charge in [-0.2, -0.15) is 11.8 Å². The van der Waals surface area contributed by atoms with Crippen molar-refractivity contribution in [3.05, 3.63) is 0 Å². The van der Waals surface area contributed by atoms with E-state index in [0.717, 1.165) is 24.5 Å². The minimum atomic E-state index is 0.738. The Bertz CT molecular complexity index is 147. The molecule has 2 saturated heterocycles. The molecule has 0 radical (unpaired) electrons. The molecule has 70 valence electrons. The second kappa shape index (κ2) is 3.99. The van der Waals surface area contributed by atoms with Gasteiger partial charge in [0.25, 0.3) is 0 Å². The standard InChI is InChI=1S/C9H17NOS/c1-12-9-2-4-10(6-9)8-3-5-11-7-8/h8-9H,2-7H2,1H3. The van der Waals surface area contributed by atoms with Gasteiger partial charge in [-0.25, -0.2) is 0 Å². The van der Waals surface area contributed by atoms with Crippen LogP contribution in [0.15, 0.2) is 0 Å². The molecule has 2 aliphatic rings. The van der Waals surface area contributed by atoms with E-state index in [1.807, 2.05) is 11.8 Å². The molecule has 0 amide bonds. The SMILES string of the molecule is CSC1CCN(C2CCOC2)C1. The molecule has 2 nitrogen and oxygen atoms in total. The van der Waals surface area contributed by atoms with Crippen molar-refractivity contribution in [3.63, 3.8) is 0 Å². The van der Waals surface area contributed by atoms with Crippen molar-refractivity contribution in [3.8, 4) is 0 Å². The fraction of sp³-hybridized carbons (Fsp3) is 1.00. The van der Waals surface area contributed by atoms with E-state index in [1.165, 1.54) is 25.9 Å². The van der Waals surface area contributed by atoms with Gasteiger partial charge >= 0.3 is 0 Å². The van der Waals surface area contributed by atoms with Crippen molar-refractivity contribution in [1.29, 1.82) is 0 Å². The maximum atomic E-state index is 5.39. The fourth-order valence-electron chi connectivity index (χ4n) is 2.09. The van der Waals surface area contributed by atoms with E-state index in [2.05, 4.69) is 11.2 Å². The van der Waals surface area contributed by atoms with Gasteiger partial charge in [-0.05, 0) is 25.6 Å². The van der Waals surface area contributed by atoms with E-state index in [4.69, 9.17) is 4.74 Å². The van der Waals surface area contributed by atoms with Gasteiger partial charge in [-0.3, -0.25) is 4.90 Å². The van der Waals surface area contributed by atoms with Gasteiger partial charge < -0.3 is 4.74 Å². The Kier molecular flexibility index (Phi) is 2.94. The smallest absolute Gasteiger partial charge is 0.0622 e. The number of nitrogens with zero attached hydrogens (tertiary/aromatic N) is 1. The highest BCUT2D eigenvalue weighted by Crippen LogP contribution is 2.24. The van der Waals surface area contributed by atoms with Gasteiger partial charge in [-0.1, -0.05) is 0 Å². The van der Waals surface area contributed by atoms with Crippen LogP contribution < -0.4 is 0 Å². The zero-order chi connectivity index (χ0) is 8.39. The summed E-state index contributed by atoms with van der Waals surface area (Å²) in [6.07, 6.45) is 4.85. The molecule has 2 heterocycles. The topological polar surface area (TPSA) is 12.5 Å². The van der Waals surface area contributed by atoms with Gasteiger partial charge in [0.05, 0.1) is 6.61 Å². The van der Waals surface area contributed by atoms with Gasteiger partial charge in [0.2, 0.25) is 0 Å². The van der Waals surface area contributed by atoms with Crippen molar-refractivity contribution < 1.29 is 4.74 Å². The molecule has 0 aliphatic carbocycles. The van der Waals surface area contributed by atoms with Crippen LogP contribution in [0.5, 0.6) is 0 Å². The number of rotatable bonds is 2. The highest BCUT2D eigenvalue weighted by Gasteiger charge is 2.29. The third-order valence-electron chi connectivity index (χ3n) is 2.93. The van der Waals surface area contributed by atoms with Crippen LogP contribution in [0, 0.1) is 0 Å². The number of hydrogen-bond acceptors (Lipinski definition) is 3. The summed E-state index contributed by atoms with van der Waals surface area (Å²) in [6, 6.07) is 0.738. The first-order chi connectivity index (χ1) is 5.90. The van der Waals surface area contributed by atoms with Crippen molar-refractivity contribution >= 4 is 11.8 Å². The van der Waals surface area contributed by atoms with Crippen molar-refractivity contribution in [1.82, 2.24) is 4.90 Å². The van der Waals surface area contributed by atoms with Crippen LogP contribution in [0.1, 0.15) is 12.8 Å².